The molecule has 3 nitrogen and oxygen atoms in total. The molecule has 0 aromatic heterocycles. The van der Waals surface area contributed by atoms with Crippen LogP contribution in [0.2, 0.25) is 0 Å². The summed E-state index contributed by atoms with van der Waals surface area (Å²) in [5, 5.41) is 8.93. The molecule has 0 saturated carbocycles. The average molecular weight is 146 g/mol. The van der Waals surface area contributed by atoms with Gasteiger partial charge >= 0.3 is 0 Å². The number of hydrogen-bond donors (Lipinski definition) is 1. The molecule has 1 N–H and O–H groups in total. The van der Waals surface area contributed by atoms with E-state index in [0.717, 1.165) is 17.6 Å². The Labute approximate surface area is 61.8 Å². The average Bonchev–Trinajstić information content (AvgIpc) is 1.87. The molecule has 0 aliphatic carbocycles. The second kappa shape index (κ2) is 2.86. The van der Waals surface area contributed by atoms with E-state index in [9.17, 15) is 0 Å². The molecule has 1 fully saturated rings. The number of likely N-dealkylation sites (N-methyl/N-ethyl adjacent to an activating group) is 1. The SMILES string of the molecule is C[N+]1(C)CCOCC1CO. The van der Waals surface area contributed by atoms with Crippen LogP contribution >= 0.6 is 0 Å². The number of aliphatic hydroxyl groups is 1. The molecule has 0 spiro atoms. The van der Waals surface area contributed by atoms with Crippen LogP contribution in [0.25, 0.3) is 0 Å². The topological polar surface area (TPSA) is 29.5 Å². The van der Waals surface area contributed by atoms with Crippen LogP contribution in [0.1, 0.15) is 0 Å². The first-order valence-electron chi connectivity index (χ1n) is 3.68. The fourth-order valence-corrected chi connectivity index (χ4v) is 1.18. The van der Waals surface area contributed by atoms with Gasteiger partial charge in [-0.15, -0.1) is 0 Å². The summed E-state index contributed by atoms with van der Waals surface area (Å²) in [4.78, 5) is 0. The third-order valence-electron chi connectivity index (χ3n) is 2.32. The van der Waals surface area contributed by atoms with Crippen LogP contribution in [0.5, 0.6) is 0 Å². The number of ether oxygens (including phenoxy) is 1. The number of rotatable bonds is 1. The lowest BCUT2D eigenvalue weighted by Gasteiger charge is -2.40. The van der Waals surface area contributed by atoms with Gasteiger partial charge in [-0.3, -0.25) is 0 Å². The van der Waals surface area contributed by atoms with Crippen molar-refractivity contribution in [2.45, 2.75) is 6.04 Å². The molecule has 3 heteroatoms. The summed E-state index contributed by atoms with van der Waals surface area (Å²) in [5.41, 5.74) is 0. The van der Waals surface area contributed by atoms with Crippen molar-refractivity contribution < 1.29 is 14.3 Å². The Morgan fingerprint density at radius 1 is 1.60 bits per heavy atom. The van der Waals surface area contributed by atoms with Gasteiger partial charge < -0.3 is 14.3 Å². The largest absolute Gasteiger partial charge is 0.390 e. The molecule has 0 amide bonds. The molecular formula is C7H16NO2+. The van der Waals surface area contributed by atoms with E-state index in [-0.39, 0.29) is 12.6 Å². The van der Waals surface area contributed by atoms with E-state index in [4.69, 9.17) is 9.84 Å². The molecule has 1 aliphatic heterocycles. The highest BCUT2D eigenvalue weighted by molar-refractivity contribution is 4.58. The predicted octanol–water partition coefficient (Wildman–Crippen LogP) is -0.546. The van der Waals surface area contributed by atoms with E-state index in [1.165, 1.54) is 0 Å². The van der Waals surface area contributed by atoms with Crippen molar-refractivity contribution in [3.63, 3.8) is 0 Å². The maximum absolute atomic E-state index is 8.93. The molecule has 1 rings (SSSR count). The molecular weight excluding hydrogens is 130 g/mol. The van der Waals surface area contributed by atoms with Crippen LogP contribution in [0.15, 0.2) is 0 Å². The van der Waals surface area contributed by atoms with Crippen LogP contribution < -0.4 is 0 Å². The highest BCUT2D eigenvalue weighted by atomic mass is 16.5. The number of quaternary nitrogens is 1. The van der Waals surface area contributed by atoms with Crippen molar-refractivity contribution in [1.29, 1.82) is 0 Å². The lowest BCUT2D eigenvalue weighted by Crippen LogP contribution is -2.57. The van der Waals surface area contributed by atoms with Gasteiger partial charge in [0.05, 0.1) is 27.3 Å². The van der Waals surface area contributed by atoms with Crippen molar-refractivity contribution in [2.24, 2.45) is 0 Å². The fourth-order valence-electron chi connectivity index (χ4n) is 1.18. The first kappa shape index (κ1) is 7.98. The van der Waals surface area contributed by atoms with Crippen LogP contribution in [0, 0.1) is 0 Å². The van der Waals surface area contributed by atoms with Gasteiger partial charge in [-0.25, -0.2) is 0 Å². The van der Waals surface area contributed by atoms with Gasteiger partial charge in [-0.1, -0.05) is 0 Å². The summed E-state index contributed by atoms with van der Waals surface area (Å²) in [6, 6.07) is 0.272. The molecule has 1 atom stereocenters. The lowest BCUT2D eigenvalue weighted by molar-refractivity contribution is -0.923. The van der Waals surface area contributed by atoms with Crippen molar-refractivity contribution in [1.82, 2.24) is 0 Å². The van der Waals surface area contributed by atoms with E-state index in [1.807, 2.05) is 0 Å². The Kier molecular flexibility index (Phi) is 2.28. The van der Waals surface area contributed by atoms with E-state index in [2.05, 4.69) is 14.1 Å². The van der Waals surface area contributed by atoms with Gasteiger partial charge in [0.2, 0.25) is 0 Å². The van der Waals surface area contributed by atoms with E-state index < -0.39 is 0 Å². The molecule has 10 heavy (non-hydrogen) atoms. The van der Waals surface area contributed by atoms with Crippen molar-refractivity contribution in [3.05, 3.63) is 0 Å². The Balaban J connectivity index is 2.51. The predicted molar refractivity (Wildman–Crippen MR) is 38.7 cm³/mol. The van der Waals surface area contributed by atoms with Crippen molar-refractivity contribution in [3.8, 4) is 0 Å². The highest BCUT2D eigenvalue weighted by Gasteiger charge is 2.30. The number of hydrogen-bond acceptors (Lipinski definition) is 2. The van der Waals surface area contributed by atoms with E-state index >= 15 is 0 Å². The second-order valence-corrected chi connectivity index (χ2v) is 3.41. The molecule has 0 bridgehead atoms. The van der Waals surface area contributed by atoms with Crippen LogP contribution in [0.3, 0.4) is 0 Å². The van der Waals surface area contributed by atoms with Gasteiger partial charge in [-0.2, -0.15) is 0 Å². The summed E-state index contributed by atoms with van der Waals surface area (Å²) < 4.78 is 6.12. The van der Waals surface area contributed by atoms with E-state index in [0.29, 0.717) is 6.61 Å². The first-order valence-corrected chi connectivity index (χ1v) is 3.68. The summed E-state index contributed by atoms with van der Waals surface area (Å²) in [7, 11) is 4.26. The zero-order valence-electron chi connectivity index (χ0n) is 6.71. The summed E-state index contributed by atoms with van der Waals surface area (Å²) >= 11 is 0. The van der Waals surface area contributed by atoms with E-state index in [1.54, 1.807) is 0 Å². The first-order chi connectivity index (χ1) is 4.67. The number of nitrogens with zero attached hydrogens (tertiary/aromatic N) is 1. The minimum absolute atomic E-state index is 0.229. The fraction of sp³-hybridized carbons (Fsp3) is 1.00. The molecule has 1 heterocycles. The smallest absolute Gasteiger partial charge is 0.136 e. The Hall–Kier alpha value is -0.120. The van der Waals surface area contributed by atoms with Gasteiger partial charge in [0.25, 0.3) is 0 Å². The minimum Gasteiger partial charge on any atom is -0.390 e. The third kappa shape index (κ3) is 1.48. The minimum atomic E-state index is 0.229. The molecule has 0 aromatic carbocycles. The molecule has 0 radical (unpaired) electrons. The van der Waals surface area contributed by atoms with Crippen molar-refractivity contribution in [2.75, 3.05) is 40.5 Å². The van der Waals surface area contributed by atoms with Gasteiger partial charge in [0, 0.05) is 0 Å². The second-order valence-electron chi connectivity index (χ2n) is 3.41. The summed E-state index contributed by atoms with van der Waals surface area (Å²) in [6.45, 7) is 2.76. The Morgan fingerprint density at radius 2 is 2.30 bits per heavy atom. The number of aliphatic hydroxyl groups excluding tert-OH is 1. The number of morpholine rings is 1. The molecule has 1 saturated heterocycles. The highest BCUT2D eigenvalue weighted by Crippen LogP contribution is 2.11. The maximum Gasteiger partial charge on any atom is 0.136 e. The van der Waals surface area contributed by atoms with Crippen molar-refractivity contribution >= 4 is 0 Å². The maximum atomic E-state index is 8.93. The zero-order valence-corrected chi connectivity index (χ0v) is 6.71. The quantitative estimate of drug-likeness (QED) is 0.503. The van der Waals surface area contributed by atoms with Crippen LogP contribution in [-0.4, -0.2) is 56.1 Å². The summed E-state index contributed by atoms with van der Waals surface area (Å²) in [6.07, 6.45) is 0. The molecule has 60 valence electrons. The molecule has 1 unspecified atom stereocenters. The summed E-state index contributed by atoms with van der Waals surface area (Å²) in [5.74, 6) is 0. The zero-order chi connectivity index (χ0) is 7.61. The van der Waals surface area contributed by atoms with Gasteiger partial charge in [0.15, 0.2) is 0 Å². The van der Waals surface area contributed by atoms with Gasteiger partial charge in [-0.05, 0) is 0 Å². The normalized spacial score (nSPS) is 32.1. The van der Waals surface area contributed by atoms with Gasteiger partial charge in [0.1, 0.15) is 19.2 Å². The van der Waals surface area contributed by atoms with Crippen LogP contribution in [-0.2, 0) is 4.74 Å². The monoisotopic (exact) mass is 146 g/mol. The standard InChI is InChI=1S/C7H16NO2/c1-8(2)3-4-10-6-7(8)5-9/h7,9H,3-6H2,1-2H3/q+1. The molecule has 1 aliphatic rings. The third-order valence-corrected chi connectivity index (χ3v) is 2.32. The lowest BCUT2D eigenvalue weighted by atomic mass is 10.2. The Bertz CT molecular complexity index is 114. The van der Waals surface area contributed by atoms with Crippen LogP contribution in [0.4, 0.5) is 0 Å². The molecule has 0 aromatic rings. The Morgan fingerprint density at radius 3 is 2.70 bits per heavy atom.